The van der Waals surface area contributed by atoms with E-state index in [1.54, 1.807) is 30.6 Å². The molecule has 2 aromatic heterocycles. The van der Waals surface area contributed by atoms with E-state index in [1.165, 1.54) is 7.11 Å². The maximum absolute atomic E-state index is 12.2. The molecule has 1 atom stereocenters. The number of aliphatic hydroxyl groups excluding tert-OH is 1. The second-order valence-corrected chi connectivity index (χ2v) is 8.40. The third-order valence-corrected chi connectivity index (χ3v) is 6.16. The number of pyridine rings is 1. The van der Waals surface area contributed by atoms with E-state index >= 15 is 0 Å². The largest absolute Gasteiger partial charge is 0.465 e. The molecule has 0 saturated carbocycles. The highest BCUT2D eigenvalue weighted by Crippen LogP contribution is 2.32. The van der Waals surface area contributed by atoms with Crippen LogP contribution in [0.15, 0.2) is 59.9 Å². The summed E-state index contributed by atoms with van der Waals surface area (Å²) in [5, 5.41) is 16.3. The number of fused-ring (bicyclic) bond motifs is 1. The quantitative estimate of drug-likeness (QED) is 0.373. The van der Waals surface area contributed by atoms with E-state index in [4.69, 9.17) is 15.5 Å². The van der Waals surface area contributed by atoms with Gasteiger partial charge in [0, 0.05) is 31.0 Å². The number of methoxy groups -OCH3 is 1. The molecule has 4 heterocycles. The monoisotopic (exact) mass is 461 g/mol. The number of hydrogen-bond acceptors (Lipinski definition) is 9. The molecule has 6 N–H and O–H groups in total. The van der Waals surface area contributed by atoms with Crippen molar-refractivity contribution >= 4 is 29.0 Å². The molecule has 0 bridgehead atoms. The average Bonchev–Trinajstić information content (AvgIpc) is 3.33. The van der Waals surface area contributed by atoms with E-state index in [0.29, 0.717) is 22.6 Å². The van der Waals surface area contributed by atoms with Crippen molar-refractivity contribution in [3.05, 3.63) is 71.7 Å². The zero-order valence-corrected chi connectivity index (χ0v) is 18.8. The second-order valence-electron chi connectivity index (χ2n) is 8.40. The van der Waals surface area contributed by atoms with Crippen LogP contribution in [-0.4, -0.2) is 53.2 Å². The minimum Gasteiger partial charge on any atom is -0.465 e. The maximum atomic E-state index is 12.2. The van der Waals surface area contributed by atoms with Gasteiger partial charge in [0.05, 0.1) is 30.2 Å². The molecule has 1 unspecified atom stereocenters. The van der Waals surface area contributed by atoms with E-state index < -0.39 is 11.8 Å². The van der Waals surface area contributed by atoms with Gasteiger partial charge in [0.1, 0.15) is 11.5 Å². The van der Waals surface area contributed by atoms with Gasteiger partial charge in [0.15, 0.2) is 5.84 Å². The highest BCUT2D eigenvalue weighted by Gasteiger charge is 2.34. The Morgan fingerprint density at radius 3 is 2.76 bits per heavy atom. The first-order valence-corrected chi connectivity index (χ1v) is 11.2. The van der Waals surface area contributed by atoms with Gasteiger partial charge >= 0.3 is 5.97 Å². The number of para-hydroxylation sites is 1. The molecule has 10 nitrogen and oxygen atoms in total. The Morgan fingerprint density at radius 2 is 2.03 bits per heavy atom. The summed E-state index contributed by atoms with van der Waals surface area (Å²) in [5.41, 5.74) is 9.85. The Labute approximate surface area is 196 Å². The van der Waals surface area contributed by atoms with Crippen LogP contribution in [-0.2, 0) is 10.5 Å². The van der Waals surface area contributed by atoms with E-state index in [9.17, 15) is 9.90 Å². The van der Waals surface area contributed by atoms with E-state index in [2.05, 4.69) is 25.5 Å². The molecule has 1 aromatic carbocycles. The number of aromatic amines is 1. The molecule has 1 saturated heterocycles. The summed E-state index contributed by atoms with van der Waals surface area (Å²) in [6.07, 6.45) is 4.73. The van der Waals surface area contributed by atoms with Gasteiger partial charge in [0.2, 0.25) is 5.79 Å². The van der Waals surface area contributed by atoms with Crippen molar-refractivity contribution in [2.24, 2.45) is 10.7 Å². The first-order valence-electron chi connectivity index (χ1n) is 11.2. The van der Waals surface area contributed by atoms with Gasteiger partial charge in [-0.25, -0.2) is 14.8 Å². The molecule has 3 aromatic rings. The number of amidine groups is 1. The number of aliphatic imine (C=N–C) groups is 1. The fourth-order valence-electron chi connectivity index (χ4n) is 4.26. The van der Waals surface area contributed by atoms with Gasteiger partial charge in [-0.3, -0.25) is 5.73 Å². The first kappa shape index (κ1) is 21.9. The predicted octanol–water partition coefficient (Wildman–Crippen LogP) is 2.21. The molecule has 0 aliphatic carbocycles. The lowest BCUT2D eigenvalue weighted by molar-refractivity contribution is 0.0602. The zero-order chi connectivity index (χ0) is 23.7. The van der Waals surface area contributed by atoms with Crippen molar-refractivity contribution in [1.29, 1.82) is 0 Å². The molecule has 10 heteroatoms. The lowest BCUT2D eigenvalue weighted by atomic mass is 10.1. The summed E-state index contributed by atoms with van der Waals surface area (Å²) in [5.74, 6) is -0.409. The Kier molecular flexibility index (Phi) is 5.68. The third-order valence-electron chi connectivity index (χ3n) is 6.16. The summed E-state index contributed by atoms with van der Waals surface area (Å²) >= 11 is 0. The number of hydrogen-bond donors (Lipinski definition) is 5. The normalized spacial score (nSPS) is 20.2. The van der Waals surface area contributed by atoms with Crippen molar-refractivity contribution in [1.82, 2.24) is 9.97 Å². The fourth-order valence-corrected chi connectivity index (χ4v) is 4.26. The summed E-state index contributed by atoms with van der Waals surface area (Å²) in [6.45, 7) is 1.52. The first-order chi connectivity index (χ1) is 16.5. The number of nitrogens with two attached hydrogens (primary N) is 1. The number of esters is 1. The van der Waals surface area contributed by atoms with Crippen LogP contribution in [0.1, 0.15) is 34.5 Å². The van der Waals surface area contributed by atoms with Crippen LogP contribution >= 0.6 is 0 Å². The van der Waals surface area contributed by atoms with E-state index in [0.717, 1.165) is 43.1 Å². The number of aliphatic hydroxyl groups is 1. The lowest BCUT2D eigenvalue weighted by Gasteiger charge is -2.34. The van der Waals surface area contributed by atoms with Gasteiger partial charge in [0.25, 0.3) is 0 Å². The summed E-state index contributed by atoms with van der Waals surface area (Å²) < 4.78 is 4.91. The van der Waals surface area contributed by atoms with Gasteiger partial charge in [-0.1, -0.05) is 12.1 Å². The third kappa shape index (κ3) is 4.09. The molecule has 2 aliphatic heterocycles. The standard InChI is InChI=1S/C24H27N7O3/c1-34-23(33)17-4-2-3-5-18(17)28-22-21-19(8-11-26-21)29-24(25,30-22)15-6-7-20(27-14-15)31-12-9-16(32)10-13-31/h2-8,11,14,16,26,29,32H,9-10,12-13,25H2,1H3,(H,28,30). The van der Waals surface area contributed by atoms with Crippen molar-refractivity contribution in [2.45, 2.75) is 24.7 Å². The van der Waals surface area contributed by atoms with Crippen molar-refractivity contribution < 1.29 is 14.6 Å². The number of nitrogens with zero attached hydrogens (tertiary/aromatic N) is 3. The summed E-state index contributed by atoms with van der Waals surface area (Å²) in [4.78, 5) is 26.9. The molecule has 0 radical (unpaired) electrons. The van der Waals surface area contributed by atoms with Gasteiger partial charge in [-0.2, -0.15) is 0 Å². The molecule has 1 fully saturated rings. The smallest absolute Gasteiger partial charge is 0.339 e. The summed E-state index contributed by atoms with van der Waals surface area (Å²) in [6, 6.07) is 12.8. The number of carbonyl (C=O) groups is 1. The number of ether oxygens (including phenoxy) is 1. The van der Waals surface area contributed by atoms with Crippen molar-refractivity contribution in [3.8, 4) is 0 Å². The molecule has 176 valence electrons. The van der Waals surface area contributed by atoms with Crippen molar-refractivity contribution in [3.63, 3.8) is 0 Å². The number of carbonyl (C=O) groups excluding carboxylic acids is 1. The topological polar surface area (TPSA) is 141 Å². The van der Waals surface area contributed by atoms with Gasteiger partial charge in [-0.15, -0.1) is 0 Å². The molecular formula is C24H27N7O3. The number of rotatable bonds is 4. The number of anilines is 3. The number of H-pyrrole nitrogens is 1. The minimum absolute atomic E-state index is 0.241. The fraction of sp³-hybridized carbons (Fsp3) is 0.292. The predicted molar refractivity (Wildman–Crippen MR) is 130 cm³/mol. The Bertz CT molecular complexity index is 1220. The molecular weight excluding hydrogens is 434 g/mol. The Hall–Kier alpha value is -3.89. The maximum Gasteiger partial charge on any atom is 0.339 e. The lowest BCUT2D eigenvalue weighted by Crippen LogP contribution is -2.47. The number of benzene rings is 1. The molecule has 0 spiro atoms. The molecule has 0 amide bonds. The second kappa shape index (κ2) is 8.81. The van der Waals surface area contributed by atoms with Crippen LogP contribution in [0.25, 0.3) is 0 Å². The molecule has 2 aliphatic rings. The van der Waals surface area contributed by atoms with Crippen molar-refractivity contribution in [2.75, 3.05) is 35.7 Å². The van der Waals surface area contributed by atoms with Crippen LogP contribution in [0.5, 0.6) is 0 Å². The zero-order valence-electron chi connectivity index (χ0n) is 18.8. The van der Waals surface area contributed by atoms with Crippen LogP contribution in [0.3, 0.4) is 0 Å². The van der Waals surface area contributed by atoms with Crippen LogP contribution in [0, 0.1) is 0 Å². The number of aromatic nitrogens is 2. The van der Waals surface area contributed by atoms with E-state index in [1.807, 2.05) is 24.3 Å². The molecule has 34 heavy (non-hydrogen) atoms. The SMILES string of the molecule is COC(=O)c1ccccc1NC1=NC(N)(c2ccc(N3CCC(O)CC3)nc2)Nc2cc[nH]c21. The average molecular weight is 462 g/mol. The minimum atomic E-state index is -1.28. The Balaban J connectivity index is 1.46. The van der Waals surface area contributed by atoms with Gasteiger partial charge in [-0.05, 0) is 43.2 Å². The van der Waals surface area contributed by atoms with Crippen LogP contribution in [0.2, 0.25) is 0 Å². The van der Waals surface area contributed by atoms with E-state index in [-0.39, 0.29) is 6.10 Å². The number of piperidine rings is 1. The number of nitrogens with one attached hydrogen (secondary N) is 3. The van der Waals surface area contributed by atoms with Gasteiger partial charge < -0.3 is 30.4 Å². The highest BCUT2D eigenvalue weighted by atomic mass is 16.5. The van der Waals surface area contributed by atoms with Crippen LogP contribution in [0.4, 0.5) is 17.2 Å². The Morgan fingerprint density at radius 1 is 1.24 bits per heavy atom. The van der Waals surface area contributed by atoms with Crippen LogP contribution < -0.4 is 21.3 Å². The molecule has 5 rings (SSSR count). The summed E-state index contributed by atoms with van der Waals surface area (Å²) in [7, 11) is 1.35. The highest BCUT2D eigenvalue weighted by molar-refractivity contribution is 6.13.